The zero-order valence-electron chi connectivity index (χ0n) is 56.4. The van der Waals surface area contributed by atoms with E-state index in [-0.39, 0.29) is 107 Å². The first-order valence-electron chi connectivity index (χ1n) is 31.6. The molecule has 8 aromatic carbocycles. The molecule has 0 saturated heterocycles. The maximum Gasteiger partial charge on any atom is 0.135 e. The topological polar surface area (TPSA) is 33.5 Å². The second-order valence-corrected chi connectivity index (χ2v) is 23.1. The number of anilines is 4. The van der Waals surface area contributed by atoms with Gasteiger partial charge < -0.3 is 19.1 Å². The zero-order valence-corrected chi connectivity index (χ0v) is 46.7. The third kappa shape index (κ3) is 9.15. The van der Waals surface area contributed by atoms with Crippen LogP contribution in [0.5, 0.6) is 11.5 Å². The fraction of sp³-hybridized carbons (Fsp3) is 0.229. The average Bonchev–Trinajstić information content (AvgIpc) is 1.38. The molecule has 384 valence electrons. The van der Waals surface area contributed by atoms with Crippen LogP contribution in [0, 0.1) is 18.8 Å². The van der Waals surface area contributed by atoms with E-state index in [2.05, 4.69) is 78.8 Å². The summed E-state index contributed by atoms with van der Waals surface area (Å²) >= 11 is 0. The number of hydrogen-bond donors (Lipinski definition) is 0. The normalized spacial score (nSPS) is 17.1. The van der Waals surface area contributed by atoms with Crippen molar-refractivity contribution in [1.82, 2.24) is 9.55 Å². The summed E-state index contributed by atoms with van der Waals surface area (Å²) in [5, 5.41) is 0.878. The predicted molar refractivity (Wildman–Crippen MR) is 313 cm³/mol. The van der Waals surface area contributed by atoms with Gasteiger partial charge in [-0.1, -0.05) is 190 Å². The molecule has 0 radical (unpaired) electrons. The van der Waals surface area contributed by atoms with E-state index in [4.69, 9.17) is 19.3 Å². The molecule has 0 amide bonds. The molecule has 0 spiro atoms. The van der Waals surface area contributed by atoms with Gasteiger partial charge in [-0.2, -0.15) is 12.1 Å². The fourth-order valence-corrected chi connectivity index (χ4v) is 10.6. The first kappa shape index (κ1) is 38.4. The van der Waals surface area contributed by atoms with Crippen molar-refractivity contribution in [1.29, 1.82) is 0 Å². The summed E-state index contributed by atoms with van der Waals surface area (Å²) < 4.78 is 119. The van der Waals surface area contributed by atoms with E-state index >= 15 is 0 Å². The van der Waals surface area contributed by atoms with Gasteiger partial charge in [-0.05, 0) is 115 Å². The van der Waals surface area contributed by atoms with Gasteiger partial charge in [0.1, 0.15) is 5.82 Å². The molecule has 1 aliphatic carbocycles. The second kappa shape index (κ2) is 19.1. The molecule has 2 aromatic heterocycles. The Kier molecular flexibility index (Phi) is 9.65. The quantitative estimate of drug-likeness (QED) is 0.142. The summed E-state index contributed by atoms with van der Waals surface area (Å²) in [6.45, 7) is 22.7. The number of nitrogens with zero attached hydrogens (tertiary/aromatic N) is 4. The summed E-state index contributed by atoms with van der Waals surface area (Å²) in [6, 6.07) is 35.4. The van der Waals surface area contributed by atoms with E-state index in [1.807, 2.05) is 77.1 Å². The summed E-state index contributed by atoms with van der Waals surface area (Å²) in [6.07, 6.45) is 3.70. The van der Waals surface area contributed by atoms with Crippen molar-refractivity contribution in [2.75, 3.05) is 9.80 Å². The maximum absolute atomic E-state index is 9.87. The Morgan fingerprint density at radius 3 is 2.00 bits per heavy atom. The van der Waals surface area contributed by atoms with Crippen molar-refractivity contribution in [3.8, 4) is 50.7 Å². The first-order valence-corrected chi connectivity index (χ1v) is 25.6. The molecule has 1 aliphatic heterocycles. The number of benzene rings is 8. The molecule has 3 heterocycles. The van der Waals surface area contributed by atoms with E-state index in [0.29, 0.717) is 44.8 Å². The van der Waals surface area contributed by atoms with Gasteiger partial charge in [0.05, 0.1) is 16.4 Å². The third-order valence-electron chi connectivity index (χ3n) is 14.9. The molecule has 76 heavy (non-hydrogen) atoms. The average molecular weight is 1190 g/mol. The monoisotopic (exact) mass is 1180 g/mol. The molecule has 2 aliphatic rings. The molecule has 6 heteroatoms. The minimum Gasteiger partial charge on any atom is -0.509 e. The number of ether oxygens (including phenoxy) is 1. The van der Waals surface area contributed by atoms with Crippen molar-refractivity contribution < 1.29 is 42.3 Å². The molecule has 0 atom stereocenters. The summed E-state index contributed by atoms with van der Waals surface area (Å²) in [5.74, 6) is 1.07. The van der Waals surface area contributed by atoms with Crippen LogP contribution in [0.2, 0.25) is 0 Å². The molecular formula is C70H65N4OPt-3. The van der Waals surface area contributed by atoms with E-state index < -0.39 is 41.7 Å². The molecule has 5 nitrogen and oxygen atoms in total. The smallest absolute Gasteiger partial charge is 0.135 e. The van der Waals surface area contributed by atoms with Crippen LogP contribution in [0.1, 0.15) is 121 Å². The molecule has 10 aromatic rings. The maximum atomic E-state index is 9.87. The van der Waals surface area contributed by atoms with Gasteiger partial charge in [-0.3, -0.25) is 0 Å². The minimum atomic E-state index is -0.816. The Labute approximate surface area is 481 Å². The molecule has 12 rings (SSSR count). The zero-order chi connectivity index (χ0) is 62.5. The van der Waals surface area contributed by atoms with Crippen LogP contribution < -0.4 is 14.5 Å². The van der Waals surface area contributed by atoms with Gasteiger partial charge in [-0.25, -0.2) is 4.98 Å². The van der Waals surface area contributed by atoms with Crippen molar-refractivity contribution in [3.63, 3.8) is 0 Å². The van der Waals surface area contributed by atoms with Crippen LogP contribution in [0.25, 0.3) is 61.0 Å². The Hall–Kier alpha value is -7.20. The van der Waals surface area contributed by atoms with Gasteiger partial charge >= 0.3 is 0 Å². The van der Waals surface area contributed by atoms with E-state index in [1.54, 1.807) is 55.8 Å². The van der Waals surface area contributed by atoms with Crippen molar-refractivity contribution >= 4 is 44.6 Å². The summed E-state index contributed by atoms with van der Waals surface area (Å²) in [4.78, 5) is 8.70. The van der Waals surface area contributed by atoms with Crippen LogP contribution in [0.4, 0.5) is 22.7 Å². The van der Waals surface area contributed by atoms with Gasteiger partial charge in [0, 0.05) is 72.5 Å². The fourth-order valence-electron chi connectivity index (χ4n) is 10.6. The van der Waals surface area contributed by atoms with Gasteiger partial charge in [-0.15, -0.1) is 48.1 Å². The molecule has 0 saturated carbocycles. The number of rotatable bonds is 8. The second-order valence-electron chi connectivity index (χ2n) is 23.1. The Morgan fingerprint density at radius 2 is 1.25 bits per heavy atom. The SMILES string of the molecule is [2H]c1c([2H])c(-c2c([2H])c([2H])c(-c3cccc(-c4ccc5c(c4)C(C)(C)CCC5(C)C)c3N3[CH-]N(c4[c-]c(Oc5[c-]c6c(cc5)c5c([2H])c([2H])c([2H])c([2H])c5n6-c5cc(C(C)(C)C)ccn5)ccc4)c4ccccc43)c([2H])c2[2H])c([2H])c(C(C)(C)C)c1[2H].[Pt]. The number of para-hydroxylation sites is 4. The Balaban J connectivity index is 0.00000800. The summed E-state index contributed by atoms with van der Waals surface area (Å²) in [7, 11) is 0. The van der Waals surface area contributed by atoms with Gasteiger partial charge in [0.2, 0.25) is 0 Å². The van der Waals surface area contributed by atoms with Crippen LogP contribution >= 0.6 is 0 Å². The van der Waals surface area contributed by atoms with Crippen LogP contribution in [-0.2, 0) is 42.7 Å². The number of hydrogen-bond acceptors (Lipinski definition) is 4. The standard InChI is InChI=1S/C70H65N4O.Pt/c1-67(2,3)50-19-15-18-48(40-50)46-28-30-47(31-29-46)55-23-17-24-56(49-32-35-59-60(41-49)70(9,10)38-37-69(59,7)8)66(55)73-45-72(62-26-13-14-27-63(62)73)52-20-16-21-53(43-52)75-54-33-34-58-57-22-11-12-25-61(57)74(64(58)44-54)65-42-51(36-39-71-65)68(4,5)6;/h11-36,39-42,45H,37-38H2,1-10H3;/q-3;/i11D,12D,15D,18D,19D,22D,25D,28D,29D,30D,31D,40D;. The number of pyridine rings is 1. The van der Waals surface area contributed by atoms with Crippen LogP contribution in [0.3, 0.4) is 0 Å². The number of fused-ring (bicyclic) bond motifs is 5. The third-order valence-corrected chi connectivity index (χ3v) is 14.9. The van der Waals surface area contributed by atoms with E-state index in [0.717, 1.165) is 40.9 Å². The predicted octanol–water partition coefficient (Wildman–Crippen LogP) is 18.9. The molecule has 0 bridgehead atoms. The van der Waals surface area contributed by atoms with Gasteiger partial charge in [0.15, 0.2) is 0 Å². The number of aromatic nitrogens is 2. The van der Waals surface area contributed by atoms with Crippen LogP contribution in [0.15, 0.2) is 182 Å². The van der Waals surface area contributed by atoms with Crippen molar-refractivity contribution in [2.45, 2.75) is 104 Å². The largest absolute Gasteiger partial charge is 0.509 e. The minimum absolute atomic E-state index is 0. The Bertz CT molecular complexity index is 4530. The molecule has 0 unspecified atom stereocenters. The van der Waals surface area contributed by atoms with Gasteiger partial charge in [0.25, 0.3) is 0 Å². The summed E-state index contributed by atoms with van der Waals surface area (Å²) in [5.41, 5.74) is 7.17. The van der Waals surface area contributed by atoms with E-state index in [9.17, 15) is 6.85 Å². The van der Waals surface area contributed by atoms with Crippen LogP contribution in [-0.4, -0.2) is 9.55 Å². The van der Waals surface area contributed by atoms with Crippen molar-refractivity contribution in [3.05, 3.63) is 223 Å². The molecule has 0 N–H and O–H groups in total. The molecular weight excluding hydrogens is 1110 g/mol. The first-order chi connectivity index (χ1) is 40.9. The Morgan fingerprint density at radius 1 is 0.579 bits per heavy atom. The van der Waals surface area contributed by atoms with Crippen molar-refractivity contribution in [2.24, 2.45) is 0 Å². The van der Waals surface area contributed by atoms with E-state index in [1.165, 1.54) is 11.1 Å². The molecule has 0 fully saturated rings.